The first-order valence-corrected chi connectivity index (χ1v) is 4.84. The van der Waals surface area contributed by atoms with Crippen LogP contribution in [0, 0.1) is 6.92 Å². The Morgan fingerprint density at radius 1 is 1.12 bits per heavy atom. The van der Waals surface area contributed by atoms with Crippen LogP contribution in [0.1, 0.15) is 26.3 Å². The molecule has 0 spiro atoms. The lowest BCUT2D eigenvalue weighted by atomic mass is 10.1. The number of carbonyl (C=O) groups excluding carboxylic acids is 2. The van der Waals surface area contributed by atoms with Crippen LogP contribution >= 0.6 is 0 Å². The predicted molar refractivity (Wildman–Crippen MR) is 62.4 cm³/mol. The largest absolute Gasteiger partial charge is 0.432 e. The van der Waals surface area contributed by atoms with Gasteiger partial charge in [-0.3, -0.25) is 0 Å². The van der Waals surface area contributed by atoms with Gasteiger partial charge in [0.1, 0.15) is 0 Å². The lowest BCUT2D eigenvalue weighted by Gasteiger charge is -2.05. The summed E-state index contributed by atoms with van der Waals surface area (Å²) in [6.45, 7) is 8.29. The monoisotopic (exact) mass is 232 g/mol. The number of aryl methyl sites for hydroxylation is 1. The molecule has 0 aromatic heterocycles. The van der Waals surface area contributed by atoms with E-state index in [1.807, 2.05) is 0 Å². The van der Waals surface area contributed by atoms with Crippen molar-refractivity contribution in [2.24, 2.45) is 0 Å². The first kappa shape index (κ1) is 12.7. The standard InChI is InChI=1S/C13H12O4/c1-4-16-12(14)10-6-7-11(9(3)8-10)13(15)17-5-2/h4-8H,1-2H2,3H3. The van der Waals surface area contributed by atoms with Crippen LogP contribution in [0.2, 0.25) is 0 Å². The molecule has 1 rings (SSSR count). The Bertz CT molecular complexity index is 474. The van der Waals surface area contributed by atoms with Crippen molar-refractivity contribution >= 4 is 11.9 Å². The van der Waals surface area contributed by atoms with Crippen molar-refractivity contribution in [3.05, 3.63) is 60.6 Å². The zero-order valence-corrected chi connectivity index (χ0v) is 9.43. The molecule has 0 bridgehead atoms. The maximum absolute atomic E-state index is 11.4. The minimum atomic E-state index is -0.522. The van der Waals surface area contributed by atoms with E-state index in [2.05, 4.69) is 22.6 Å². The molecule has 1 aromatic rings. The van der Waals surface area contributed by atoms with Gasteiger partial charge in [-0.15, -0.1) is 0 Å². The Labute approximate surface area is 99.2 Å². The molecule has 0 saturated heterocycles. The molecule has 0 atom stereocenters. The highest BCUT2D eigenvalue weighted by molar-refractivity contribution is 5.95. The summed E-state index contributed by atoms with van der Waals surface area (Å²) < 4.78 is 9.27. The minimum Gasteiger partial charge on any atom is -0.432 e. The lowest BCUT2D eigenvalue weighted by Crippen LogP contribution is -2.06. The van der Waals surface area contributed by atoms with Crippen LogP contribution in [0.3, 0.4) is 0 Å². The highest BCUT2D eigenvalue weighted by atomic mass is 16.5. The highest BCUT2D eigenvalue weighted by Crippen LogP contribution is 2.13. The van der Waals surface area contributed by atoms with Gasteiger partial charge in [0, 0.05) is 0 Å². The minimum absolute atomic E-state index is 0.345. The van der Waals surface area contributed by atoms with E-state index < -0.39 is 11.9 Å². The second-order valence-corrected chi connectivity index (χ2v) is 3.17. The van der Waals surface area contributed by atoms with Gasteiger partial charge in [0.2, 0.25) is 0 Å². The van der Waals surface area contributed by atoms with Gasteiger partial charge in [0.25, 0.3) is 0 Å². The number of carbonyl (C=O) groups is 2. The van der Waals surface area contributed by atoms with Crippen molar-refractivity contribution in [2.45, 2.75) is 6.92 Å². The van der Waals surface area contributed by atoms with Gasteiger partial charge in [0.05, 0.1) is 23.7 Å². The normalized spacial score (nSPS) is 9.24. The number of esters is 2. The molecule has 0 unspecified atom stereocenters. The molecule has 0 aliphatic carbocycles. The molecule has 88 valence electrons. The molecule has 4 nitrogen and oxygen atoms in total. The summed E-state index contributed by atoms with van der Waals surface area (Å²) in [7, 11) is 0. The van der Waals surface area contributed by atoms with Gasteiger partial charge >= 0.3 is 11.9 Å². The van der Waals surface area contributed by atoms with Gasteiger partial charge in [-0.1, -0.05) is 13.2 Å². The van der Waals surface area contributed by atoms with Crippen molar-refractivity contribution < 1.29 is 19.1 Å². The topological polar surface area (TPSA) is 52.6 Å². The van der Waals surface area contributed by atoms with Crippen LogP contribution in [-0.2, 0) is 9.47 Å². The van der Waals surface area contributed by atoms with E-state index in [0.717, 1.165) is 12.5 Å². The zero-order chi connectivity index (χ0) is 12.8. The van der Waals surface area contributed by atoms with Crippen LogP contribution in [0.25, 0.3) is 0 Å². The fourth-order valence-electron chi connectivity index (χ4n) is 1.30. The van der Waals surface area contributed by atoms with Crippen molar-refractivity contribution in [2.75, 3.05) is 0 Å². The van der Waals surface area contributed by atoms with E-state index in [1.165, 1.54) is 12.1 Å². The van der Waals surface area contributed by atoms with Crippen molar-refractivity contribution in [3.63, 3.8) is 0 Å². The first-order chi connectivity index (χ1) is 8.10. The molecule has 0 amide bonds. The molecule has 0 N–H and O–H groups in total. The quantitative estimate of drug-likeness (QED) is 0.591. The number of rotatable bonds is 4. The fourth-order valence-corrected chi connectivity index (χ4v) is 1.30. The van der Waals surface area contributed by atoms with Crippen LogP contribution < -0.4 is 0 Å². The van der Waals surface area contributed by atoms with Crippen LogP contribution in [0.5, 0.6) is 0 Å². The first-order valence-electron chi connectivity index (χ1n) is 4.84. The van der Waals surface area contributed by atoms with Crippen molar-refractivity contribution in [1.29, 1.82) is 0 Å². The molecule has 0 aliphatic rings. The third-order valence-electron chi connectivity index (χ3n) is 2.06. The van der Waals surface area contributed by atoms with Crippen LogP contribution in [0.4, 0.5) is 0 Å². The summed E-state index contributed by atoms with van der Waals surface area (Å²) in [5.74, 6) is -1.03. The van der Waals surface area contributed by atoms with E-state index in [-0.39, 0.29) is 0 Å². The SMILES string of the molecule is C=COC(=O)c1ccc(C(=O)OC=C)c(C)c1. The van der Waals surface area contributed by atoms with E-state index in [9.17, 15) is 9.59 Å². The Morgan fingerprint density at radius 2 is 1.71 bits per heavy atom. The maximum Gasteiger partial charge on any atom is 0.343 e. The molecule has 4 heteroatoms. The predicted octanol–water partition coefficient (Wildman–Crippen LogP) is 2.60. The van der Waals surface area contributed by atoms with E-state index in [1.54, 1.807) is 13.0 Å². The lowest BCUT2D eigenvalue weighted by molar-refractivity contribution is 0.0649. The Hall–Kier alpha value is -2.36. The number of hydrogen-bond acceptors (Lipinski definition) is 4. The van der Waals surface area contributed by atoms with E-state index in [4.69, 9.17) is 0 Å². The third kappa shape index (κ3) is 3.04. The van der Waals surface area contributed by atoms with Crippen LogP contribution in [0.15, 0.2) is 43.9 Å². The molecular weight excluding hydrogens is 220 g/mol. The second-order valence-electron chi connectivity index (χ2n) is 3.17. The van der Waals surface area contributed by atoms with Crippen LogP contribution in [-0.4, -0.2) is 11.9 Å². The zero-order valence-electron chi connectivity index (χ0n) is 9.43. The Morgan fingerprint density at radius 3 is 2.24 bits per heavy atom. The summed E-state index contributed by atoms with van der Waals surface area (Å²) in [4.78, 5) is 22.8. The van der Waals surface area contributed by atoms with Crippen molar-refractivity contribution in [1.82, 2.24) is 0 Å². The molecular formula is C13H12O4. The van der Waals surface area contributed by atoms with Gasteiger partial charge in [0.15, 0.2) is 0 Å². The summed E-state index contributed by atoms with van der Waals surface area (Å²) in [5.41, 5.74) is 1.34. The number of benzene rings is 1. The molecule has 17 heavy (non-hydrogen) atoms. The summed E-state index contributed by atoms with van der Waals surface area (Å²) in [6, 6.07) is 4.53. The van der Waals surface area contributed by atoms with Gasteiger partial charge in [-0.25, -0.2) is 9.59 Å². The third-order valence-corrected chi connectivity index (χ3v) is 2.06. The average molecular weight is 232 g/mol. The van der Waals surface area contributed by atoms with E-state index >= 15 is 0 Å². The number of ether oxygens (including phenoxy) is 2. The van der Waals surface area contributed by atoms with E-state index in [0.29, 0.717) is 16.7 Å². The molecule has 0 saturated carbocycles. The average Bonchev–Trinajstić information content (AvgIpc) is 2.29. The fraction of sp³-hybridized carbons (Fsp3) is 0.0769. The maximum atomic E-state index is 11.4. The molecule has 0 heterocycles. The van der Waals surface area contributed by atoms with Gasteiger partial charge in [-0.2, -0.15) is 0 Å². The molecule has 1 aromatic carbocycles. The summed E-state index contributed by atoms with van der Waals surface area (Å²) in [6.07, 6.45) is 2.11. The number of hydrogen-bond donors (Lipinski definition) is 0. The summed E-state index contributed by atoms with van der Waals surface area (Å²) >= 11 is 0. The molecule has 0 aliphatic heterocycles. The Balaban J connectivity index is 3.01. The van der Waals surface area contributed by atoms with Crippen molar-refractivity contribution in [3.8, 4) is 0 Å². The van der Waals surface area contributed by atoms with Gasteiger partial charge in [-0.05, 0) is 30.7 Å². The van der Waals surface area contributed by atoms with Gasteiger partial charge < -0.3 is 9.47 Å². The smallest absolute Gasteiger partial charge is 0.343 e. The molecule has 0 radical (unpaired) electrons. The highest BCUT2D eigenvalue weighted by Gasteiger charge is 2.13. The summed E-state index contributed by atoms with van der Waals surface area (Å²) in [5, 5.41) is 0. The second kappa shape index (κ2) is 5.65. The molecule has 0 fully saturated rings. The Kier molecular flexibility index (Phi) is 4.22.